The zero-order valence-corrected chi connectivity index (χ0v) is 18.6. The molecule has 2 aromatic rings. The molecule has 0 aliphatic rings. The van der Waals surface area contributed by atoms with Crippen molar-refractivity contribution in [2.24, 2.45) is 0 Å². The topological polar surface area (TPSA) is 58.6 Å². The number of nitrogens with one attached hydrogen (secondary N) is 1. The lowest BCUT2D eigenvalue weighted by Crippen LogP contribution is -2.48. The number of ether oxygens (including phenoxy) is 1. The standard InChI is InChI=1S/C22H27ClN2O3S/c1-4-24-22(27)16(2)25(13-18-6-5-7-19(23)12-18)21(26)15-29-14-17-8-10-20(28-3)11-9-17/h5-12,16H,4,13-15H2,1-3H3,(H,24,27)/t16-/m0/s1. The molecule has 0 bridgehead atoms. The molecule has 0 saturated heterocycles. The average molecular weight is 435 g/mol. The lowest BCUT2D eigenvalue weighted by molar-refractivity contribution is -0.138. The number of nitrogens with zero attached hydrogens (tertiary/aromatic N) is 1. The highest BCUT2D eigenvalue weighted by atomic mass is 35.5. The normalized spacial score (nSPS) is 11.6. The van der Waals surface area contributed by atoms with Gasteiger partial charge in [-0.3, -0.25) is 9.59 Å². The van der Waals surface area contributed by atoms with Gasteiger partial charge in [-0.15, -0.1) is 11.8 Å². The Kier molecular flexibility index (Phi) is 9.35. The fourth-order valence-corrected chi connectivity index (χ4v) is 3.88. The summed E-state index contributed by atoms with van der Waals surface area (Å²) in [6.07, 6.45) is 0. The monoisotopic (exact) mass is 434 g/mol. The van der Waals surface area contributed by atoms with Crippen molar-refractivity contribution in [1.82, 2.24) is 10.2 Å². The van der Waals surface area contributed by atoms with Crippen LogP contribution in [0.15, 0.2) is 48.5 Å². The number of carbonyl (C=O) groups excluding carboxylic acids is 2. The molecule has 1 N–H and O–H groups in total. The fraction of sp³-hybridized carbons (Fsp3) is 0.364. The first-order valence-corrected chi connectivity index (χ1v) is 11.0. The summed E-state index contributed by atoms with van der Waals surface area (Å²) >= 11 is 7.60. The third kappa shape index (κ3) is 7.29. The van der Waals surface area contributed by atoms with Gasteiger partial charge >= 0.3 is 0 Å². The van der Waals surface area contributed by atoms with Crippen molar-refractivity contribution < 1.29 is 14.3 Å². The summed E-state index contributed by atoms with van der Waals surface area (Å²) in [4.78, 5) is 26.9. The second-order valence-corrected chi connectivity index (χ2v) is 7.99. The van der Waals surface area contributed by atoms with Gasteiger partial charge in [-0.05, 0) is 49.2 Å². The number of amides is 2. The number of likely N-dealkylation sites (N-methyl/N-ethyl adjacent to an activating group) is 1. The van der Waals surface area contributed by atoms with Crippen molar-refractivity contribution in [2.75, 3.05) is 19.4 Å². The molecule has 0 spiro atoms. The van der Waals surface area contributed by atoms with E-state index in [1.807, 2.05) is 49.4 Å². The second kappa shape index (κ2) is 11.7. The summed E-state index contributed by atoms with van der Waals surface area (Å²) in [5.41, 5.74) is 2.00. The predicted octanol–water partition coefficient (Wildman–Crippen LogP) is 4.14. The largest absolute Gasteiger partial charge is 0.497 e. The van der Waals surface area contributed by atoms with Gasteiger partial charge in [-0.1, -0.05) is 35.9 Å². The number of benzene rings is 2. The summed E-state index contributed by atoms with van der Waals surface area (Å²) in [6.45, 7) is 4.47. The average Bonchev–Trinajstić information content (AvgIpc) is 2.72. The Morgan fingerprint density at radius 2 is 1.90 bits per heavy atom. The summed E-state index contributed by atoms with van der Waals surface area (Å²) in [7, 11) is 1.63. The quantitative estimate of drug-likeness (QED) is 0.610. The SMILES string of the molecule is CCNC(=O)[C@H](C)N(Cc1cccc(Cl)c1)C(=O)CSCc1ccc(OC)cc1. The van der Waals surface area contributed by atoms with Gasteiger partial charge < -0.3 is 15.0 Å². The van der Waals surface area contributed by atoms with Crippen LogP contribution in [-0.4, -0.2) is 42.2 Å². The minimum absolute atomic E-state index is 0.0813. The van der Waals surface area contributed by atoms with Crippen molar-refractivity contribution in [3.63, 3.8) is 0 Å². The Balaban J connectivity index is 2.03. The molecular weight excluding hydrogens is 408 g/mol. The highest BCUT2D eigenvalue weighted by Crippen LogP contribution is 2.19. The van der Waals surface area contributed by atoms with E-state index in [1.54, 1.807) is 25.0 Å². The summed E-state index contributed by atoms with van der Waals surface area (Å²) < 4.78 is 5.16. The molecule has 0 unspecified atom stereocenters. The van der Waals surface area contributed by atoms with Gasteiger partial charge in [0.05, 0.1) is 12.9 Å². The van der Waals surface area contributed by atoms with Crippen molar-refractivity contribution >= 4 is 35.2 Å². The smallest absolute Gasteiger partial charge is 0.242 e. The Hall–Kier alpha value is -2.18. The maximum atomic E-state index is 12.9. The molecule has 2 rings (SSSR count). The van der Waals surface area contributed by atoms with E-state index in [9.17, 15) is 9.59 Å². The Labute approximate surface area is 181 Å². The zero-order chi connectivity index (χ0) is 21.2. The van der Waals surface area contributed by atoms with Crippen LogP contribution in [0.5, 0.6) is 5.75 Å². The van der Waals surface area contributed by atoms with Crippen molar-refractivity contribution in [3.05, 3.63) is 64.7 Å². The van der Waals surface area contributed by atoms with Crippen molar-refractivity contribution in [3.8, 4) is 5.75 Å². The number of hydrogen-bond donors (Lipinski definition) is 1. The number of rotatable bonds is 10. The first-order valence-electron chi connectivity index (χ1n) is 9.47. The summed E-state index contributed by atoms with van der Waals surface area (Å²) in [5, 5.41) is 3.40. The van der Waals surface area contributed by atoms with E-state index in [2.05, 4.69) is 5.32 Å². The van der Waals surface area contributed by atoms with Gasteiger partial charge in [0.1, 0.15) is 11.8 Å². The molecule has 156 valence electrons. The molecule has 0 fully saturated rings. The third-order valence-corrected chi connectivity index (χ3v) is 5.64. The number of halogens is 1. The first kappa shape index (κ1) is 23.1. The maximum Gasteiger partial charge on any atom is 0.242 e. The van der Waals surface area contributed by atoms with Crippen LogP contribution in [0, 0.1) is 0 Å². The van der Waals surface area contributed by atoms with Crippen LogP contribution in [0.2, 0.25) is 5.02 Å². The minimum Gasteiger partial charge on any atom is -0.497 e. The summed E-state index contributed by atoms with van der Waals surface area (Å²) in [6, 6.07) is 14.6. The number of thioether (sulfide) groups is 1. The van der Waals surface area contributed by atoms with Crippen molar-refractivity contribution in [2.45, 2.75) is 32.2 Å². The van der Waals surface area contributed by atoms with Gasteiger partial charge in [-0.2, -0.15) is 0 Å². The first-order chi connectivity index (χ1) is 13.9. The molecular formula is C22H27ClN2O3S. The Bertz CT molecular complexity index is 814. The maximum absolute atomic E-state index is 12.9. The molecule has 0 saturated carbocycles. The molecule has 2 aromatic carbocycles. The van der Waals surface area contributed by atoms with Gasteiger partial charge in [0.2, 0.25) is 11.8 Å². The van der Waals surface area contributed by atoms with Crippen LogP contribution in [0.25, 0.3) is 0 Å². The van der Waals surface area contributed by atoms with Crippen LogP contribution in [-0.2, 0) is 21.9 Å². The van der Waals surface area contributed by atoms with Crippen LogP contribution in [0.4, 0.5) is 0 Å². The van der Waals surface area contributed by atoms with Crippen LogP contribution >= 0.6 is 23.4 Å². The lowest BCUT2D eigenvalue weighted by atomic mass is 10.1. The molecule has 0 aromatic heterocycles. The molecule has 0 aliphatic heterocycles. The number of methoxy groups -OCH3 is 1. The van der Waals surface area contributed by atoms with Crippen LogP contribution in [0.3, 0.4) is 0 Å². The molecule has 0 aliphatic carbocycles. The van der Waals surface area contributed by atoms with E-state index in [0.29, 0.717) is 23.9 Å². The van der Waals surface area contributed by atoms with Gasteiger partial charge in [0.15, 0.2) is 0 Å². The second-order valence-electron chi connectivity index (χ2n) is 6.56. The molecule has 0 heterocycles. The number of hydrogen-bond acceptors (Lipinski definition) is 4. The summed E-state index contributed by atoms with van der Waals surface area (Å²) in [5.74, 6) is 1.55. The molecule has 29 heavy (non-hydrogen) atoms. The van der Waals surface area contributed by atoms with Gasteiger partial charge in [-0.25, -0.2) is 0 Å². The highest BCUT2D eigenvalue weighted by molar-refractivity contribution is 7.99. The van der Waals surface area contributed by atoms with E-state index in [4.69, 9.17) is 16.3 Å². The van der Waals surface area contributed by atoms with Gasteiger partial charge in [0.25, 0.3) is 0 Å². The third-order valence-electron chi connectivity index (χ3n) is 4.41. The van der Waals surface area contributed by atoms with E-state index < -0.39 is 6.04 Å². The van der Waals surface area contributed by atoms with Gasteiger partial charge in [0, 0.05) is 23.9 Å². The van der Waals surface area contributed by atoms with E-state index >= 15 is 0 Å². The molecule has 0 radical (unpaired) electrons. The molecule has 1 atom stereocenters. The Morgan fingerprint density at radius 3 is 2.52 bits per heavy atom. The minimum atomic E-state index is -0.567. The van der Waals surface area contributed by atoms with E-state index in [-0.39, 0.29) is 17.6 Å². The lowest BCUT2D eigenvalue weighted by Gasteiger charge is -2.28. The molecule has 5 nitrogen and oxygen atoms in total. The zero-order valence-electron chi connectivity index (χ0n) is 17.0. The molecule has 7 heteroatoms. The van der Waals surface area contributed by atoms with Crippen LogP contribution < -0.4 is 10.1 Å². The highest BCUT2D eigenvalue weighted by Gasteiger charge is 2.25. The fourth-order valence-electron chi connectivity index (χ4n) is 2.80. The Morgan fingerprint density at radius 1 is 1.17 bits per heavy atom. The predicted molar refractivity (Wildman–Crippen MR) is 119 cm³/mol. The van der Waals surface area contributed by atoms with Crippen molar-refractivity contribution in [1.29, 1.82) is 0 Å². The number of carbonyl (C=O) groups is 2. The molecule has 2 amide bonds. The van der Waals surface area contributed by atoms with E-state index in [1.165, 1.54) is 11.8 Å². The van der Waals surface area contributed by atoms with Crippen LogP contribution in [0.1, 0.15) is 25.0 Å². The van der Waals surface area contributed by atoms with E-state index in [0.717, 1.165) is 16.9 Å².